The molecular formula is C22H21N5. The quantitative estimate of drug-likeness (QED) is 0.555. The highest BCUT2D eigenvalue weighted by Crippen LogP contribution is 2.40. The molecule has 0 amide bonds. The van der Waals surface area contributed by atoms with Crippen molar-refractivity contribution in [2.45, 2.75) is 17.9 Å². The van der Waals surface area contributed by atoms with Gasteiger partial charge in [-0.1, -0.05) is 42.5 Å². The lowest BCUT2D eigenvalue weighted by molar-refractivity contribution is 0.393. The lowest BCUT2D eigenvalue weighted by Gasteiger charge is -2.37. The van der Waals surface area contributed by atoms with E-state index in [0.29, 0.717) is 6.42 Å². The van der Waals surface area contributed by atoms with Crippen molar-refractivity contribution in [2.75, 3.05) is 0 Å². The molecule has 27 heavy (non-hydrogen) atoms. The molecule has 1 aromatic carbocycles. The van der Waals surface area contributed by atoms with E-state index in [9.17, 15) is 0 Å². The lowest BCUT2D eigenvalue weighted by Crippen LogP contribution is -2.46. The van der Waals surface area contributed by atoms with Crippen LogP contribution in [0.5, 0.6) is 0 Å². The monoisotopic (exact) mass is 355 g/mol. The molecule has 0 saturated heterocycles. The summed E-state index contributed by atoms with van der Waals surface area (Å²) >= 11 is 0. The third kappa shape index (κ3) is 3.37. The van der Waals surface area contributed by atoms with Gasteiger partial charge in [-0.3, -0.25) is 9.97 Å². The molecule has 4 aromatic rings. The second-order valence-electron chi connectivity index (χ2n) is 6.50. The van der Waals surface area contributed by atoms with E-state index in [1.807, 2.05) is 60.8 Å². The number of rotatable bonds is 6. The fourth-order valence-corrected chi connectivity index (χ4v) is 3.53. The number of nitrogens with two attached hydrogens (primary N) is 1. The van der Waals surface area contributed by atoms with Crippen LogP contribution < -0.4 is 5.73 Å². The van der Waals surface area contributed by atoms with Gasteiger partial charge in [0.05, 0.1) is 11.4 Å². The van der Waals surface area contributed by atoms with Gasteiger partial charge >= 0.3 is 0 Å². The summed E-state index contributed by atoms with van der Waals surface area (Å²) in [6.07, 6.45) is 7.78. The number of pyridine rings is 2. The maximum atomic E-state index is 7.17. The Morgan fingerprint density at radius 3 is 1.93 bits per heavy atom. The number of nitrogens with zero attached hydrogens (tertiary/aromatic N) is 3. The zero-order valence-corrected chi connectivity index (χ0v) is 14.9. The van der Waals surface area contributed by atoms with Crippen LogP contribution in [0.2, 0.25) is 0 Å². The normalized spacial score (nSPS) is 12.6. The van der Waals surface area contributed by atoms with Crippen molar-refractivity contribution in [2.24, 2.45) is 5.73 Å². The highest BCUT2D eigenvalue weighted by molar-refractivity contribution is 5.38. The number of imidazole rings is 1. The molecule has 5 nitrogen and oxygen atoms in total. The van der Waals surface area contributed by atoms with E-state index in [1.54, 1.807) is 18.6 Å². The SMILES string of the molecule is NC(c1ccccn1)(c1ccccn1)C(Cc1ncc[nH]1)c1ccccc1. The average Bonchev–Trinajstić information content (AvgIpc) is 3.27. The molecule has 0 aliphatic heterocycles. The third-order valence-corrected chi connectivity index (χ3v) is 4.88. The predicted molar refractivity (Wildman–Crippen MR) is 105 cm³/mol. The molecule has 3 aromatic heterocycles. The van der Waals surface area contributed by atoms with Gasteiger partial charge in [0.1, 0.15) is 11.4 Å². The molecule has 134 valence electrons. The van der Waals surface area contributed by atoms with Crippen molar-refractivity contribution in [3.8, 4) is 0 Å². The van der Waals surface area contributed by atoms with Crippen LogP contribution in [0.1, 0.15) is 28.7 Å². The highest BCUT2D eigenvalue weighted by atomic mass is 14.9. The van der Waals surface area contributed by atoms with E-state index >= 15 is 0 Å². The van der Waals surface area contributed by atoms with Crippen LogP contribution in [0.3, 0.4) is 0 Å². The van der Waals surface area contributed by atoms with Crippen LogP contribution in [0.25, 0.3) is 0 Å². The summed E-state index contributed by atoms with van der Waals surface area (Å²) in [5, 5.41) is 0. The van der Waals surface area contributed by atoms with Gasteiger partial charge in [-0.15, -0.1) is 0 Å². The minimum absolute atomic E-state index is 0.102. The summed E-state index contributed by atoms with van der Waals surface area (Å²) in [5.74, 6) is 0.778. The summed E-state index contributed by atoms with van der Waals surface area (Å²) in [4.78, 5) is 16.8. The van der Waals surface area contributed by atoms with Crippen LogP contribution in [0.4, 0.5) is 0 Å². The smallest absolute Gasteiger partial charge is 0.108 e. The first-order chi connectivity index (χ1) is 13.3. The third-order valence-electron chi connectivity index (χ3n) is 4.88. The van der Waals surface area contributed by atoms with Gasteiger partial charge in [-0.2, -0.15) is 0 Å². The molecule has 3 N–H and O–H groups in total. The van der Waals surface area contributed by atoms with Crippen LogP contribution >= 0.6 is 0 Å². The molecule has 5 heteroatoms. The molecule has 0 radical (unpaired) electrons. The Kier molecular flexibility index (Phi) is 4.77. The van der Waals surface area contributed by atoms with Crippen molar-refractivity contribution >= 4 is 0 Å². The first-order valence-electron chi connectivity index (χ1n) is 8.93. The van der Waals surface area contributed by atoms with Crippen LogP contribution in [0.15, 0.2) is 91.5 Å². The molecule has 1 unspecified atom stereocenters. The van der Waals surface area contributed by atoms with Gasteiger partial charge in [0.15, 0.2) is 0 Å². The molecule has 0 saturated carbocycles. The molecule has 0 aliphatic carbocycles. The van der Waals surface area contributed by atoms with E-state index in [4.69, 9.17) is 5.73 Å². The Bertz CT molecular complexity index is 914. The van der Waals surface area contributed by atoms with E-state index < -0.39 is 5.54 Å². The first-order valence-corrected chi connectivity index (χ1v) is 8.93. The van der Waals surface area contributed by atoms with Gasteiger partial charge in [0.25, 0.3) is 0 Å². The standard InChI is InChI=1S/C22H21N5/c23-22(19-10-4-6-12-24-19,20-11-5-7-13-25-20)18(16-21-26-14-15-27-21)17-8-2-1-3-9-17/h1-15,18H,16,23H2,(H,26,27). The topological polar surface area (TPSA) is 80.5 Å². The number of aromatic nitrogens is 4. The van der Waals surface area contributed by atoms with Crippen molar-refractivity contribution < 1.29 is 0 Å². The average molecular weight is 355 g/mol. The minimum Gasteiger partial charge on any atom is -0.349 e. The van der Waals surface area contributed by atoms with E-state index in [1.165, 1.54) is 0 Å². The number of H-pyrrole nitrogens is 1. The van der Waals surface area contributed by atoms with Crippen LogP contribution in [-0.2, 0) is 12.0 Å². The van der Waals surface area contributed by atoms with Gasteiger partial charge in [-0.25, -0.2) is 4.98 Å². The van der Waals surface area contributed by atoms with Crippen LogP contribution in [-0.4, -0.2) is 19.9 Å². The maximum Gasteiger partial charge on any atom is 0.108 e. The van der Waals surface area contributed by atoms with Crippen molar-refractivity contribution in [3.63, 3.8) is 0 Å². The summed E-state index contributed by atoms with van der Waals surface area (Å²) in [5.41, 5.74) is 8.94. The Hall–Kier alpha value is -3.31. The predicted octanol–water partition coefficient (Wildman–Crippen LogP) is 3.43. The van der Waals surface area contributed by atoms with E-state index in [0.717, 1.165) is 22.8 Å². The number of hydrogen-bond acceptors (Lipinski definition) is 4. The van der Waals surface area contributed by atoms with E-state index in [-0.39, 0.29) is 5.92 Å². The summed E-state index contributed by atoms with van der Waals surface area (Å²) in [6.45, 7) is 0. The Morgan fingerprint density at radius 1 is 0.778 bits per heavy atom. The van der Waals surface area contributed by atoms with Gasteiger partial charge < -0.3 is 10.7 Å². The van der Waals surface area contributed by atoms with E-state index in [2.05, 4.69) is 32.1 Å². The highest BCUT2D eigenvalue weighted by Gasteiger charge is 2.42. The molecule has 0 aliphatic rings. The Morgan fingerprint density at radius 2 is 1.41 bits per heavy atom. The van der Waals surface area contributed by atoms with Crippen molar-refractivity contribution in [3.05, 3.63) is 114 Å². The zero-order chi connectivity index (χ0) is 18.5. The van der Waals surface area contributed by atoms with Crippen molar-refractivity contribution in [1.29, 1.82) is 0 Å². The molecule has 0 fully saturated rings. The van der Waals surface area contributed by atoms with Gasteiger partial charge in [0, 0.05) is 37.1 Å². The van der Waals surface area contributed by atoms with Gasteiger partial charge in [-0.05, 0) is 29.8 Å². The van der Waals surface area contributed by atoms with Gasteiger partial charge in [0.2, 0.25) is 0 Å². The number of benzene rings is 1. The molecular weight excluding hydrogens is 334 g/mol. The molecule has 1 atom stereocenters. The number of hydrogen-bond donors (Lipinski definition) is 2. The zero-order valence-electron chi connectivity index (χ0n) is 14.9. The second kappa shape index (κ2) is 7.51. The summed E-state index contributed by atoms with van der Waals surface area (Å²) < 4.78 is 0. The summed E-state index contributed by atoms with van der Waals surface area (Å²) in [6, 6.07) is 21.9. The molecule has 0 bridgehead atoms. The molecule has 3 heterocycles. The fourth-order valence-electron chi connectivity index (χ4n) is 3.53. The minimum atomic E-state index is -0.906. The fraction of sp³-hybridized carbons (Fsp3) is 0.136. The lowest BCUT2D eigenvalue weighted by atomic mass is 9.73. The Balaban J connectivity index is 1.91. The Labute approximate surface area is 158 Å². The van der Waals surface area contributed by atoms with Crippen LogP contribution in [0, 0.1) is 0 Å². The number of nitrogens with one attached hydrogen (secondary N) is 1. The molecule has 4 rings (SSSR count). The number of aromatic amines is 1. The first kappa shape index (κ1) is 17.1. The second-order valence-corrected chi connectivity index (χ2v) is 6.50. The largest absolute Gasteiger partial charge is 0.349 e. The van der Waals surface area contributed by atoms with Crippen molar-refractivity contribution in [1.82, 2.24) is 19.9 Å². The summed E-state index contributed by atoms with van der Waals surface area (Å²) in [7, 11) is 0. The molecule has 0 spiro atoms. The maximum absolute atomic E-state index is 7.17.